The van der Waals surface area contributed by atoms with Crippen LogP contribution >= 0.6 is 11.6 Å². The van der Waals surface area contributed by atoms with Crippen LogP contribution < -0.4 is 10.6 Å². The average Bonchev–Trinajstić information content (AvgIpc) is 2.64. The Kier molecular flexibility index (Phi) is 3.67. The van der Waals surface area contributed by atoms with Gasteiger partial charge in [0.1, 0.15) is 0 Å². The van der Waals surface area contributed by atoms with E-state index in [4.69, 9.17) is 11.6 Å². The summed E-state index contributed by atoms with van der Waals surface area (Å²) in [7, 11) is 0. The largest absolute Gasteiger partial charge is 0.376 e. The maximum absolute atomic E-state index is 6.19. The van der Waals surface area contributed by atoms with Crippen molar-refractivity contribution in [3.63, 3.8) is 0 Å². The lowest BCUT2D eigenvalue weighted by Gasteiger charge is -2.20. The van der Waals surface area contributed by atoms with Gasteiger partial charge in [-0.15, -0.1) is 0 Å². The second-order valence-electron chi connectivity index (χ2n) is 4.72. The second-order valence-corrected chi connectivity index (χ2v) is 5.12. The molecule has 4 heteroatoms. The summed E-state index contributed by atoms with van der Waals surface area (Å²) in [4.78, 5) is 4.13. The highest BCUT2D eigenvalue weighted by molar-refractivity contribution is 6.33. The maximum Gasteiger partial charge on any atom is 0.0720 e. The quantitative estimate of drug-likeness (QED) is 0.881. The lowest BCUT2D eigenvalue weighted by molar-refractivity contribution is 0.637. The monoisotopic (exact) mass is 273 g/mol. The van der Waals surface area contributed by atoms with E-state index in [9.17, 15) is 0 Å². The number of nitrogens with zero attached hydrogens (tertiary/aromatic N) is 1. The van der Waals surface area contributed by atoms with Gasteiger partial charge in [-0.3, -0.25) is 4.98 Å². The molecule has 0 saturated carbocycles. The van der Waals surface area contributed by atoms with Gasteiger partial charge in [0.05, 0.1) is 22.9 Å². The molecule has 2 N–H and O–H groups in total. The van der Waals surface area contributed by atoms with Gasteiger partial charge in [-0.1, -0.05) is 35.9 Å². The molecule has 3 rings (SSSR count). The number of hydrogen-bond acceptors (Lipinski definition) is 3. The lowest BCUT2D eigenvalue weighted by atomic mass is 9.99. The number of halogens is 1. The average molecular weight is 274 g/mol. The summed E-state index contributed by atoms with van der Waals surface area (Å²) in [5.74, 6) is 0. The van der Waals surface area contributed by atoms with Crippen molar-refractivity contribution < 1.29 is 0 Å². The molecule has 0 spiro atoms. The van der Waals surface area contributed by atoms with Gasteiger partial charge in [0.15, 0.2) is 0 Å². The first-order chi connectivity index (χ1) is 9.34. The number of rotatable bonds is 2. The number of aromatic nitrogens is 1. The summed E-state index contributed by atoms with van der Waals surface area (Å²) in [5.41, 5.74) is 3.58. The molecule has 2 heterocycles. The van der Waals surface area contributed by atoms with Crippen molar-refractivity contribution in [2.45, 2.75) is 19.0 Å². The predicted octanol–water partition coefficient (Wildman–Crippen LogP) is 3.38. The van der Waals surface area contributed by atoms with Crippen LogP contribution in [-0.4, -0.2) is 11.5 Å². The van der Waals surface area contributed by atoms with Crippen molar-refractivity contribution in [2.24, 2.45) is 0 Å². The number of anilines is 1. The van der Waals surface area contributed by atoms with Crippen molar-refractivity contribution >= 4 is 17.3 Å². The minimum atomic E-state index is 0.271. The van der Waals surface area contributed by atoms with Crippen LogP contribution in [0.15, 0.2) is 42.7 Å². The Morgan fingerprint density at radius 3 is 3.05 bits per heavy atom. The van der Waals surface area contributed by atoms with E-state index in [0.717, 1.165) is 25.2 Å². The molecule has 1 aromatic heterocycles. The summed E-state index contributed by atoms with van der Waals surface area (Å²) in [6, 6.07) is 10.6. The van der Waals surface area contributed by atoms with E-state index in [2.05, 4.69) is 39.9 Å². The number of fused-ring (bicyclic) bond motifs is 1. The van der Waals surface area contributed by atoms with Crippen molar-refractivity contribution in [1.82, 2.24) is 10.3 Å². The summed E-state index contributed by atoms with van der Waals surface area (Å²) >= 11 is 6.19. The van der Waals surface area contributed by atoms with E-state index in [0.29, 0.717) is 5.02 Å². The highest BCUT2D eigenvalue weighted by Gasteiger charge is 2.18. The zero-order chi connectivity index (χ0) is 13.1. The van der Waals surface area contributed by atoms with E-state index < -0.39 is 0 Å². The highest BCUT2D eigenvalue weighted by Crippen LogP contribution is 2.29. The molecule has 1 aliphatic rings. The minimum absolute atomic E-state index is 0.271. The third kappa shape index (κ3) is 2.72. The fourth-order valence-corrected chi connectivity index (χ4v) is 2.64. The zero-order valence-corrected chi connectivity index (χ0v) is 11.3. The van der Waals surface area contributed by atoms with Crippen LogP contribution in [0.25, 0.3) is 0 Å². The van der Waals surface area contributed by atoms with Gasteiger partial charge in [-0.25, -0.2) is 0 Å². The molecular formula is C15H16ClN3. The van der Waals surface area contributed by atoms with Crippen molar-refractivity contribution in [3.05, 3.63) is 58.9 Å². The fourth-order valence-electron chi connectivity index (χ4n) is 2.48. The van der Waals surface area contributed by atoms with E-state index in [1.165, 1.54) is 11.1 Å². The molecule has 1 unspecified atom stereocenters. The van der Waals surface area contributed by atoms with Crippen LogP contribution in [0.2, 0.25) is 5.02 Å². The second kappa shape index (κ2) is 5.59. The SMILES string of the molecule is Clc1ccncc1NC1CCNCc2ccccc21. The van der Waals surface area contributed by atoms with Crippen molar-refractivity contribution in [1.29, 1.82) is 0 Å². The third-order valence-electron chi connectivity index (χ3n) is 3.45. The first-order valence-electron chi connectivity index (χ1n) is 6.49. The van der Waals surface area contributed by atoms with Gasteiger partial charge < -0.3 is 10.6 Å². The molecule has 0 aliphatic carbocycles. The van der Waals surface area contributed by atoms with Crippen LogP contribution in [0.3, 0.4) is 0 Å². The van der Waals surface area contributed by atoms with Gasteiger partial charge >= 0.3 is 0 Å². The van der Waals surface area contributed by atoms with E-state index in [-0.39, 0.29) is 6.04 Å². The molecular weight excluding hydrogens is 258 g/mol. The number of pyridine rings is 1. The molecule has 1 atom stereocenters. The van der Waals surface area contributed by atoms with Gasteiger partial charge in [-0.2, -0.15) is 0 Å². The molecule has 3 nitrogen and oxygen atoms in total. The summed E-state index contributed by atoms with van der Waals surface area (Å²) in [6.45, 7) is 1.92. The molecule has 0 bridgehead atoms. The molecule has 0 saturated heterocycles. The molecule has 2 aromatic rings. The summed E-state index contributed by atoms with van der Waals surface area (Å²) in [6.07, 6.45) is 4.52. The molecule has 98 valence electrons. The van der Waals surface area contributed by atoms with Crippen molar-refractivity contribution in [3.8, 4) is 0 Å². The Hall–Kier alpha value is -1.58. The van der Waals surface area contributed by atoms with Gasteiger partial charge in [-0.05, 0) is 30.2 Å². The zero-order valence-electron chi connectivity index (χ0n) is 10.6. The van der Waals surface area contributed by atoms with E-state index in [1.807, 2.05) is 6.07 Å². The normalized spacial score (nSPS) is 18.5. The van der Waals surface area contributed by atoms with Crippen LogP contribution in [0, 0.1) is 0 Å². The first-order valence-corrected chi connectivity index (χ1v) is 6.87. The number of nitrogens with one attached hydrogen (secondary N) is 2. The third-order valence-corrected chi connectivity index (χ3v) is 3.78. The van der Waals surface area contributed by atoms with Crippen LogP contribution in [0.5, 0.6) is 0 Å². The molecule has 0 fully saturated rings. The smallest absolute Gasteiger partial charge is 0.0720 e. The molecule has 0 amide bonds. The first kappa shape index (κ1) is 12.5. The Bertz CT molecular complexity index is 571. The topological polar surface area (TPSA) is 37.0 Å². The number of hydrogen-bond donors (Lipinski definition) is 2. The van der Waals surface area contributed by atoms with Crippen molar-refractivity contribution in [2.75, 3.05) is 11.9 Å². The number of benzene rings is 1. The van der Waals surface area contributed by atoms with E-state index >= 15 is 0 Å². The lowest BCUT2D eigenvalue weighted by Crippen LogP contribution is -2.15. The van der Waals surface area contributed by atoms with Crippen LogP contribution in [-0.2, 0) is 6.54 Å². The molecule has 19 heavy (non-hydrogen) atoms. The van der Waals surface area contributed by atoms with Gasteiger partial charge in [0.2, 0.25) is 0 Å². The minimum Gasteiger partial charge on any atom is -0.376 e. The van der Waals surface area contributed by atoms with Crippen LogP contribution in [0.4, 0.5) is 5.69 Å². The Labute approximate surface area is 118 Å². The Balaban J connectivity index is 1.91. The Morgan fingerprint density at radius 2 is 2.16 bits per heavy atom. The maximum atomic E-state index is 6.19. The van der Waals surface area contributed by atoms with E-state index in [1.54, 1.807) is 12.4 Å². The standard InChI is InChI=1S/C15H16ClN3/c16-13-5-7-18-10-15(13)19-14-6-8-17-9-11-3-1-2-4-12(11)14/h1-5,7,10,14,17,19H,6,8-9H2. The molecule has 0 radical (unpaired) electrons. The molecule has 1 aromatic carbocycles. The van der Waals surface area contributed by atoms with Crippen LogP contribution in [0.1, 0.15) is 23.6 Å². The molecule has 1 aliphatic heterocycles. The highest BCUT2D eigenvalue weighted by atomic mass is 35.5. The predicted molar refractivity (Wildman–Crippen MR) is 78.4 cm³/mol. The fraction of sp³-hybridized carbons (Fsp3) is 0.267. The summed E-state index contributed by atoms with van der Waals surface area (Å²) in [5, 5.41) is 7.67. The van der Waals surface area contributed by atoms with Gasteiger partial charge in [0, 0.05) is 12.7 Å². The Morgan fingerprint density at radius 1 is 1.26 bits per heavy atom. The van der Waals surface area contributed by atoms with Gasteiger partial charge in [0.25, 0.3) is 0 Å². The summed E-state index contributed by atoms with van der Waals surface area (Å²) < 4.78 is 0.